The minimum Gasteiger partial charge on any atom is -0.504 e. The molecule has 5 rings (SSSR count). The highest BCUT2D eigenvalue weighted by molar-refractivity contribution is 8.01. The summed E-state index contributed by atoms with van der Waals surface area (Å²) in [7, 11) is -4.20. The number of rotatable bonds is 11. The number of amides is 2. The minimum absolute atomic E-state index is 0.0596. The molecule has 22 heteroatoms. The zero-order valence-electron chi connectivity index (χ0n) is 22.6. The fourth-order valence-electron chi connectivity index (χ4n) is 3.93. The Labute approximate surface area is 270 Å². The van der Waals surface area contributed by atoms with Gasteiger partial charge in [0.1, 0.15) is 22.1 Å². The molecular weight excluding hydrogens is 695 g/mol. The van der Waals surface area contributed by atoms with E-state index in [4.69, 9.17) is 15.3 Å². The van der Waals surface area contributed by atoms with Crippen molar-refractivity contribution in [2.75, 3.05) is 23.2 Å². The lowest BCUT2D eigenvalue weighted by molar-refractivity contribution is -0.148. The Morgan fingerprint density at radius 3 is 2.69 bits per heavy atom. The zero-order chi connectivity index (χ0) is 32.5. The van der Waals surface area contributed by atoms with Crippen molar-refractivity contribution in [3.63, 3.8) is 0 Å². The number of benzene rings is 1. The Morgan fingerprint density at radius 1 is 1.27 bits per heavy atom. The first-order valence-electron chi connectivity index (χ1n) is 12.3. The number of β-lactam (4-membered cyclic amide) rings is 1. The maximum atomic E-state index is 13.3. The number of sulfone groups is 1. The lowest BCUT2D eigenvalue weighted by atomic mass is 10.1. The molecule has 0 radical (unpaired) electrons. The summed E-state index contributed by atoms with van der Waals surface area (Å²) >= 11 is 4.92. The molecule has 6 N–H and O–H groups in total. The molecule has 1 saturated heterocycles. The number of carbonyl (C=O) groups excluding carboxylic acids is 2. The molecule has 17 nitrogen and oxygen atoms in total. The van der Waals surface area contributed by atoms with E-state index in [1.165, 1.54) is 40.2 Å². The van der Waals surface area contributed by atoms with Gasteiger partial charge in [0.2, 0.25) is 21.7 Å². The van der Waals surface area contributed by atoms with Gasteiger partial charge in [-0.05, 0) is 19.1 Å². The number of aryl methyl sites for hydroxylation is 1. The second-order valence-electron chi connectivity index (χ2n) is 9.04. The van der Waals surface area contributed by atoms with Crippen molar-refractivity contribution in [1.82, 2.24) is 25.4 Å². The number of hydrogen-bond donors (Lipinski definition) is 5. The number of nitrogens with one attached hydrogen (secondary N) is 1. The van der Waals surface area contributed by atoms with Gasteiger partial charge in [-0.15, -0.1) is 33.3 Å². The molecule has 0 spiro atoms. The number of phenols is 2. The van der Waals surface area contributed by atoms with Crippen molar-refractivity contribution in [3.05, 3.63) is 45.7 Å². The first-order valence-corrected chi connectivity index (χ1v) is 17.7. The zero-order valence-corrected chi connectivity index (χ0v) is 26.7. The van der Waals surface area contributed by atoms with Crippen LogP contribution in [0.3, 0.4) is 0 Å². The van der Waals surface area contributed by atoms with E-state index in [0.29, 0.717) is 9.91 Å². The number of thiazole rings is 1. The fourth-order valence-corrected chi connectivity index (χ4v) is 8.64. The molecule has 0 unspecified atom stereocenters. The minimum atomic E-state index is -4.20. The second-order valence-corrected chi connectivity index (χ2v) is 15.4. The Morgan fingerprint density at radius 2 is 2.04 bits per heavy atom. The van der Waals surface area contributed by atoms with Gasteiger partial charge < -0.3 is 35.9 Å². The highest BCUT2D eigenvalue weighted by atomic mass is 32.2. The molecular formula is C23H21N7O10S5. The number of nitrogens with zero attached hydrogens (tertiary/aromatic N) is 5. The van der Waals surface area contributed by atoms with E-state index in [2.05, 4.69) is 25.7 Å². The monoisotopic (exact) mass is 715 g/mol. The molecule has 2 aromatic heterocycles. The van der Waals surface area contributed by atoms with E-state index in [1.54, 1.807) is 6.92 Å². The number of anilines is 1. The molecule has 3 aromatic rings. The first kappa shape index (κ1) is 32.3. The van der Waals surface area contributed by atoms with E-state index in [0.717, 1.165) is 39.4 Å². The molecule has 2 aliphatic rings. The van der Waals surface area contributed by atoms with Crippen LogP contribution >= 0.6 is 46.2 Å². The third-order valence-electron chi connectivity index (χ3n) is 5.99. The lowest BCUT2D eigenvalue weighted by Gasteiger charge is -2.49. The molecule has 2 atom stereocenters. The van der Waals surface area contributed by atoms with Gasteiger partial charge in [-0.1, -0.05) is 28.3 Å². The third kappa shape index (κ3) is 7.08. The number of aromatic hydroxyl groups is 2. The quantitative estimate of drug-likeness (QED) is 0.0471. The number of aromatic nitrogens is 3. The van der Waals surface area contributed by atoms with E-state index in [-0.39, 0.29) is 33.1 Å². The number of thioether (sulfide) groups is 2. The Hall–Kier alpha value is -4.12. The molecule has 2 aliphatic heterocycles. The van der Waals surface area contributed by atoms with Crippen molar-refractivity contribution < 1.29 is 47.7 Å². The van der Waals surface area contributed by atoms with Crippen LogP contribution in [0.15, 0.2) is 49.4 Å². The van der Waals surface area contributed by atoms with Gasteiger partial charge in [0.15, 0.2) is 26.7 Å². The Balaban J connectivity index is 1.31. The number of carboxylic acid groups (broad SMARTS) is 1. The molecule has 4 heterocycles. The third-order valence-corrected chi connectivity index (χ3v) is 11.4. The van der Waals surface area contributed by atoms with Gasteiger partial charge in [-0.2, -0.15) is 0 Å². The van der Waals surface area contributed by atoms with Gasteiger partial charge in [-0.25, -0.2) is 18.2 Å². The summed E-state index contributed by atoms with van der Waals surface area (Å²) in [5.74, 6) is -3.43. The van der Waals surface area contributed by atoms with E-state index >= 15 is 0 Å². The van der Waals surface area contributed by atoms with Crippen LogP contribution in [-0.2, 0) is 29.0 Å². The van der Waals surface area contributed by atoms with Crippen LogP contribution in [0.5, 0.6) is 11.5 Å². The molecule has 1 aromatic carbocycles. The fraction of sp³-hybridized carbons (Fsp3) is 0.261. The summed E-state index contributed by atoms with van der Waals surface area (Å²) in [4.78, 5) is 47.7. The Bertz CT molecular complexity index is 1840. The second kappa shape index (κ2) is 13.1. The van der Waals surface area contributed by atoms with Gasteiger partial charge in [0.05, 0.1) is 4.90 Å². The largest absolute Gasteiger partial charge is 0.512 e. The van der Waals surface area contributed by atoms with Gasteiger partial charge >= 0.3 is 6.16 Å². The molecule has 0 bridgehead atoms. The molecule has 0 saturated carbocycles. The number of ether oxygens (including phenoxy) is 1. The predicted octanol–water partition coefficient (Wildman–Crippen LogP) is 1.55. The summed E-state index contributed by atoms with van der Waals surface area (Å²) in [5.41, 5.74) is 5.68. The van der Waals surface area contributed by atoms with Crippen molar-refractivity contribution in [2.45, 2.75) is 27.6 Å². The summed E-state index contributed by atoms with van der Waals surface area (Å²) < 4.78 is 30.9. The SMILES string of the molecule is Cc1nnc(SCC2=C(OC(=O)O)N3C(=O)[C@@H](NC(=O)/C(=N\OCS(=O)(=O)c4ccc(O)c(O)c4)c4csc(N)n4)[C@H]3SC2)s1. The highest BCUT2D eigenvalue weighted by Gasteiger charge is 2.54. The average molecular weight is 716 g/mol. The maximum Gasteiger partial charge on any atom is 0.512 e. The summed E-state index contributed by atoms with van der Waals surface area (Å²) in [5, 5.41) is 44.0. The number of phenolic OH excluding ortho intramolecular Hbond substituents is 2. The van der Waals surface area contributed by atoms with Gasteiger partial charge in [0.25, 0.3) is 11.8 Å². The number of hydrogen-bond acceptors (Lipinski definition) is 18. The van der Waals surface area contributed by atoms with Gasteiger partial charge in [-0.3, -0.25) is 14.5 Å². The summed E-state index contributed by atoms with van der Waals surface area (Å²) in [6.45, 7) is 1.80. The predicted molar refractivity (Wildman–Crippen MR) is 163 cm³/mol. The van der Waals surface area contributed by atoms with Crippen LogP contribution in [0.4, 0.5) is 9.93 Å². The van der Waals surface area contributed by atoms with Crippen LogP contribution < -0.4 is 11.1 Å². The van der Waals surface area contributed by atoms with Crippen molar-refractivity contribution in [2.24, 2.45) is 5.16 Å². The smallest absolute Gasteiger partial charge is 0.504 e. The molecule has 1 fully saturated rings. The van der Waals surface area contributed by atoms with E-state index in [9.17, 15) is 38.1 Å². The molecule has 0 aliphatic carbocycles. The topological polar surface area (TPSA) is 257 Å². The van der Waals surface area contributed by atoms with E-state index in [1.807, 2.05) is 0 Å². The summed E-state index contributed by atoms with van der Waals surface area (Å²) in [6.07, 6.45) is -1.62. The van der Waals surface area contributed by atoms with Crippen LogP contribution in [0.25, 0.3) is 0 Å². The lowest BCUT2D eigenvalue weighted by Crippen LogP contribution is -2.70. The first-order chi connectivity index (χ1) is 21.3. The molecule has 238 valence electrons. The Kier molecular flexibility index (Phi) is 9.38. The standard InChI is InChI=1S/C23H21N7O10S5/c1-9-27-28-22(44-9)43-6-10-5-41-20-16(18(34)30(20)19(10)40-23(35)36)26-17(33)15(12-7-42-21(24)25-12)29-39-8-45(37,38)11-2-3-13(31)14(32)4-11/h2-4,7,16,20,31-32H,5-6,8H2,1H3,(H2,24,25)(H,26,33)(H,35,36)/b29-15-/t16-,20-/m1/s1. The highest BCUT2D eigenvalue weighted by Crippen LogP contribution is 2.42. The summed E-state index contributed by atoms with van der Waals surface area (Å²) in [6, 6.07) is 1.72. The van der Waals surface area contributed by atoms with Crippen LogP contribution in [-0.4, -0.2) is 96.4 Å². The molecule has 2 amide bonds. The van der Waals surface area contributed by atoms with Crippen LogP contribution in [0, 0.1) is 6.92 Å². The van der Waals surface area contributed by atoms with Crippen LogP contribution in [0.1, 0.15) is 10.7 Å². The number of carbonyl (C=O) groups is 3. The van der Waals surface area contributed by atoms with Crippen LogP contribution in [0.2, 0.25) is 0 Å². The van der Waals surface area contributed by atoms with E-state index < -0.39 is 62.4 Å². The van der Waals surface area contributed by atoms with Crippen molar-refractivity contribution >= 4 is 84.8 Å². The van der Waals surface area contributed by atoms with Crippen molar-refractivity contribution in [3.8, 4) is 11.5 Å². The number of oxime groups is 1. The average Bonchev–Trinajstić information content (AvgIpc) is 3.61. The van der Waals surface area contributed by atoms with Gasteiger partial charge in [0, 0.05) is 28.5 Å². The number of nitrogen functional groups attached to an aromatic ring is 1. The maximum absolute atomic E-state index is 13.3. The normalized spacial score (nSPS) is 18.3. The number of fused-ring (bicyclic) bond motifs is 1. The number of nitrogens with two attached hydrogens (primary N) is 1. The van der Waals surface area contributed by atoms with Crippen molar-refractivity contribution in [1.29, 1.82) is 0 Å². The molecule has 45 heavy (non-hydrogen) atoms.